The van der Waals surface area contributed by atoms with Crippen molar-refractivity contribution in [1.29, 1.82) is 0 Å². The van der Waals surface area contributed by atoms with E-state index in [9.17, 15) is 0 Å². The minimum Gasteiger partial charge on any atom is -0.497 e. The van der Waals surface area contributed by atoms with Crippen LogP contribution < -0.4 is 25.4 Å². The molecule has 0 saturated carbocycles. The Labute approximate surface area is 176 Å². The molecule has 0 aliphatic carbocycles. The van der Waals surface area contributed by atoms with Crippen molar-refractivity contribution in [3.63, 3.8) is 0 Å². The molecule has 0 radical (unpaired) electrons. The van der Waals surface area contributed by atoms with Gasteiger partial charge < -0.3 is 25.4 Å². The van der Waals surface area contributed by atoms with Crippen LogP contribution in [0.5, 0.6) is 11.5 Å². The minimum absolute atomic E-state index is 0. The second kappa shape index (κ2) is 10.3. The van der Waals surface area contributed by atoms with Crippen LogP contribution in [0.4, 0.5) is 29.2 Å². The standard InChI is InChI=1S/C20H24N6O2.ClH/c1-13(2)21-18-24-19(22-14-7-5-9-16(11-14)27-3)26-20(25-18)23-15-8-6-10-17(12-15)28-4;/h5-13H,1-4H3,(H3,21,22,23,24,25,26);1H. The van der Waals surface area contributed by atoms with E-state index in [0.29, 0.717) is 17.8 Å². The zero-order valence-electron chi connectivity index (χ0n) is 16.8. The molecule has 0 spiro atoms. The van der Waals surface area contributed by atoms with Crippen molar-refractivity contribution in [3.05, 3.63) is 48.5 Å². The number of hydrogen-bond acceptors (Lipinski definition) is 8. The maximum atomic E-state index is 5.26. The summed E-state index contributed by atoms with van der Waals surface area (Å²) >= 11 is 0. The number of nitrogens with zero attached hydrogens (tertiary/aromatic N) is 3. The predicted octanol–water partition coefficient (Wildman–Crippen LogP) is 4.62. The number of aromatic nitrogens is 3. The van der Waals surface area contributed by atoms with Gasteiger partial charge in [0.2, 0.25) is 17.8 Å². The second-order valence-electron chi connectivity index (χ2n) is 6.32. The van der Waals surface area contributed by atoms with Crippen LogP contribution in [0.2, 0.25) is 0 Å². The van der Waals surface area contributed by atoms with Crippen molar-refractivity contribution >= 4 is 41.6 Å². The molecule has 0 amide bonds. The largest absolute Gasteiger partial charge is 0.497 e. The number of anilines is 5. The molecule has 3 N–H and O–H groups in total. The van der Waals surface area contributed by atoms with Crippen molar-refractivity contribution in [1.82, 2.24) is 15.0 Å². The van der Waals surface area contributed by atoms with Crippen LogP contribution in [-0.4, -0.2) is 35.2 Å². The molecule has 3 rings (SSSR count). The molecule has 29 heavy (non-hydrogen) atoms. The van der Waals surface area contributed by atoms with E-state index in [0.717, 1.165) is 22.9 Å². The zero-order chi connectivity index (χ0) is 19.9. The number of methoxy groups -OCH3 is 2. The van der Waals surface area contributed by atoms with Crippen molar-refractivity contribution in [2.45, 2.75) is 19.9 Å². The third-order valence-electron chi connectivity index (χ3n) is 3.70. The lowest BCUT2D eigenvalue weighted by atomic mass is 10.3. The highest BCUT2D eigenvalue weighted by atomic mass is 35.5. The Morgan fingerprint density at radius 1 is 0.724 bits per heavy atom. The van der Waals surface area contributed by atoms with E-state index >= 15 is 0 Å². The molecule has 0 atom stereocenters. The van der Waals surface area contributed by atoms with E-state index in [1.165, 1.54) is 0 Å². The van der Waals surface area contributed by atoms with Crippen LogP contribution in [-0.2, 0) is 0 Å². The van der Waals surface area contributed by atoms with Crippen LogP contribution in [0.1, 0.15) is 13.8 Å². The van der Waals surface area contributed by atoms with E-state index in [1.807, 2.05) is 62.4 Å². The molecule has 0 saturated heterocycles. The first-order valence-electron chi connectivity index (χ1n) is 8.90. The third-order valence-corrected chi connectivity index (χ3v) is 3.70. The van der Waals surface area contributed by atoms with Gasteiger partial charge in [-0.3, -0.25) is 0 Å². The van der Waals surface area contributed by atoms with Gasteiger partial charge in [-0.15, -0.1) is 12.4 Å². The first-order chi connectivity index (χ1) is 13.6. The molecule has 0 fully saturated rings. The number of hydrogen-bond donors (Lipinski definition) is 3. The Hall–Kier alpha value is -3.26. The van der Waals surface area contributed by atoms with Gasteiger partial charge in [0.25, 0.3) is 0 Å². The van der Waals surface area contributed by atoms with E-state index in [4.69, 9.17) is 9.47 Å². The summed E-state index contributed by atoms with van der Waals surface area (Å²) < 4.78 is 10.5. The molecule has 0 aliphatic rings. The van der Waals surface area contributed by atoms with Crippen LogP contribution in [0.3, 0.4) is 0 Å². The maximum absolute atomic E-state index is 5.26. The summed E-state index contributed by atoms with van der Waals surface area (Å²) in [6, 6.07) is 15.3. The molecular formula is C20H25ClN6O2. The lowest BCUT2D eigenvalue weighted by molar-refractivity contribution is 0.415. The highest BCUT2D eigenvalue weighted by Gasteiger charge is 2.09. The number of halogens is 1. The Morgan fingerprint density at radius 2 is 1.17 bits per heavy atom. The number of benzene rings is 2. The van der Waals surface area contributed by atoms with Gasteiger partial charge in [-0.05, 0) is 38.1 Å². The molecule has 1 heterocycles. The SMILES string of the molecule is COc1cccc(Nc2nc(Nc3cccc(OC)c3)nc(NC(C)C)n2)c1.Cl. The summed E-state index contributed by atoms with van der Waals surface area (Å²) in [5.74, 6) is 2.79. The molecule has 9 heteroatoms. The minimum atomic E-state index is 0. The summed E-state index contributed by atoms with van der Waals surface area (Å²) in [6.07, 6.45) is 0. The summed E-state index contributed by atoms with van der Waals surface area (Å²) in [7, 11) is 3.26. The van der Waals surface area contributed by atoms with Crippen molar-refractivity contribution in [2.24, 2.45) is 0 Å². The predicted molar refractivity (Wildman–Crippen MR) is 118 cm³/mol. The molecular weight excluding hydrogens is 392 g/mol. The van der Waals surface area contributed by atoms with E-state index < -0.39 is 0 Å². The third kappa shape index (κ3) is 6.39. The Kier molecular flexibility index (Phi) is 7.85. The van der Waals surface area contributed by atoms with E-state index in [1.54, 1.807) is 14.2 Å². The molecule has 0 bridgehead atoms. The summed E-state index contributed by atoms with van der Waals surface area (Å²) in [6.45, 7) is 4.04. The molecule has 1 aromatic heterocycles. The van der Waals surface area contributed by atoms with Gasteiger partial charge in [0.05, 0.1) is 14.2 Å². The number of nitrogens with one attached hydrogen (secondary N) is 3. The van der Waals surface area contributed by atoms with E-state index in [-0.39, 0.29) is 18.4 Å². The molecule has 3 aromatic rings. The van der Waals surface area contributed by atoms with Gasteiger partial charge in [-0.25, -0.2) is 0 Å². The fourth-order valence-electron chi connectivity index (χ4n) is 2.47. The summed E-state index contributed by atoms with van der Waals surface area (Å²) in [5.41, 5.74) is 1.63. The van der Waals surface area contributed by atoms with Crippen LogP contribution >= 0.6 is 12.4 Å². The highest BCUT2D eigenvalue weighted by molar-refractivity contribution is 5.85. The normalized spacial score (nSPS) is 10.1. The van der Waals surface area contributed by atoms with Crippen molar-refractivity contribution < 1.29 is 9.47 Å². The maximum Gasteiger partial charge on any atom is 0.233 e. The lowest BCUT2D eigenvalue weighted by Gasteiger charge is -2.13. The molecule has 154 valence electrons. The monoisotopic (exact) mass is 416 g/mol. The Morgan fingerprint density at radius 3 is 1.59 bits per heavy atom. The summed E-state index contributed by atoms with van der Waals surface area (Å²) in [4.78, 5) is 13.4. The Balaban J connectivity index is 0.00000300. The van der Waals surface area contributed by atoms with Gasteiger partial charge in [-0.2, -0.15) is 15.0 Å². The highest BCUT2D eigenvalue weighted by Crippen LogP contribution is 2.23. The quantitative estimate of drug-likeness (QED) is 0.489. The number of rotatable bonds is 8. The van der Waals surface area contributed by atoms with Crippen molar-refractivity contribution in [3.8, 4) is 11.5 Å². The van der Waals surface area contributed by atoms with E-state index in [2.05, 4.69) is 30.9 Å². The summed E-state index contributed by atoms with van der Waals surface area (Å²) in [5, 5.41) is 9.60. The van der Waals surface area contributed by atoms with Gasteiger partial charge in [0, 0.05) is 29.5 Å². The van der Waals surface area contributed by atoms with Gasteiger partial charge in [0.1, 0.15) is 11.5 Å². The van der Waals surface area contributed by atoms with Gasteiger partial charge in [0.15, 0.2) is 0 Å². The molecule has 0 aliphatic heterocycles. The van der Waals surface area contributed by atoms with Gasteiger partial charge in [-0.1, -0.05) is 12.1 Å². The van der Waals surface area contributed by atoms with Crippen LogP contribution in [0.15, 0.2) is 48.5 Å². The first kappa shape index (κ1) is 22.0. The fourth-order valence-corrected chi connectivity index (χ4v) is 2.47. The lowest BCUT2D eigenvalue weighted by Crippen LogP contribution is -2.15. The second-order valence-corrected chi connectivity index (χ2v) is 6.32. The first-order valence-corrected chi connectivity index (χ1v) is 8.90. The van der Waals surface area contributed by atoms with Gasteiger partial charge >= 0.3 is 0 Å². The van der Waals surface area contributed by atoms with Crippen LogP contribution in [0.25, 0.3) is 0 Å². The fraction of sp³-hybridized carbons (Fsp3) is 0.250. The number of ether oxygens (including phenoxy) is 2. The zero-order valence-corrected chi connectivity index (χ0v) is 17.6. The van der Waals surface area contributed by atoms with Crippen LogP contribution in [0, 0.1) is 0 Å². The topological polar surface area (TPSA) is 93.2 Å². The molecule has 2 aromatic carbocycles. The smallest absolute Gasteiger partial charge is 0.233 e. The average molecular weight is 417 g/mol. The molecule has 8 nitrogen and oxygen atoms in total. The van der Waals surface area contributed by atoms with Crippen molar-refractivity contribution in [2.75, 3.05) is 30.2 Å². The average Bonchev–Trinajstić information content (AvgIpc) is 2.67. The Bertz CT molecular complexity index is 871. The molecule has 0 unspecified atom stereocenters.